The molecule has 2 aliphatic heterocycles. The molecule has 0 bridgehead atoms. The van der Waals surface area contributed by atoms with Crippen molar-refractivity contribution in [3.8, 4) is 11.1 Å². The van der Waals surface area contributed by atoms with Gasteiger partial charge in [-0.15, -0.1) is 12.4 Å². The van der Waals surface area contributed by atoms with Crippen molar-refractivity contribution in [3.63, 3.8) is 0 Å². The lowest BCUT2D eigenvalue weighted by Crippen LogP contribution is -2.33. The van der Waals surface area contributed by atoms with E-state index in [1.54, 1.807) is 11.9 Å². The molecule has 3 aromatic carbocycles. The van der Waals surface area contributed by atoms with Gasteiger partial charge in [-0.05, 0) is 86.3 Å². The van der Waals surface area contributed by atoms with Crippen molar-refractivity contribution in [1.29, 1.82) is 0 Å². The molecule has 2 heterocycles. The van der Waals surface area contributed by atoms with Crippen molar-refractivity contribution in [2.75, 3.05) is 30.4 Å². The highest BCUT2D eigenvalue weighted by Gasteiger charge is 2.42. The van der Waals surface area contributed by atoms with Crippen molar-refractivity contribution in [2.24, 2.45) is 0 Å². The van der Waals surface area contributed by atoms with E-state index in [2.05, 4.69) is 40.5 Å². The van der Waals surface area contributed by atoms with Gasteiger partial charge < -0.3 is 10.2 Å². The zero-order chi connectivity index (χ0) is 24.6. The van der Waals surface area contributed by atoms with Crippen molar-refractivity contribution >= 4 is 35.6 Å². The zero-order valence-corrected chi connectivity index (χ0v) is 22.0. The van der Waals surface area contributed by atoms with E-state index in [1.165, 1.54) is 36.0 Å². The number of halogens is 1. The van der Waals surface area contributed by atoms with Gasteiger partial charge in [0.05, 0.1) is 5.41 Å². The molecule has 0 aromatic heterocycles. The second kappa shape index (κ2) is 10.5. The highest BCUT2D eigenvalue weighted by Crippen LogP contribution is 2.42. The monoisotopic (exact) mass is 503 g/mol. The normalized spacial score (nSPS) is 16.9. The van der Waals surface area contributed by atoms with Gasteiger partial charge in [-0.1, -0.05) is 48.9 Å². The third-order valence-electron chi connectivity index (χ3n) is 7.42. The van der Waals surface area contributed by atoms with Crippen LogP contribution in [0, 0.1) is 0 Å². The quantitative estimate of drug-likeness (QED) is 0.446. The van der Waals surface area contributed by atoms with Crippen LogP contribution in [0.5, 0.6) is 0 Å². The van der Waals surface area contributed by atoms with Crippen LogP contribution >= 0.6 is 12.4 Å². The van der Waals surface area contributed by atoms with Crippen molar-refractivity contribution in [2.45, 2.75) is 45.1 Å². The number of piperidine rings is 1. The Balaban J connectivity index is 0.00000304. The van der Waals surface area contributed by atoms with Crippen LogP contribution in [0.1, 0.15) is 54.6 Å². The minimum absolute atomic E-state index is 0. The lowest BCUT2D eigenvalue weighted by molar-refractivity contribution is -0.121. The fraction of sp³-hybridized carbons (Fsp3) is 0.333. The number of rotatable bonds is 5. The molecule has 0 radical (unpaired) electrons. The van der Waals surface area contributed by atoms with E-state index < -0.39 is 5.41 Å². The van der Waals surface area contributed by atoms with Gasteiger partial charge in [0, 0.05) is 30.5 Å². The molecule has 188 valence electrons. The Labute approximate surface area is 219 Å². The fourth-order valence-corrected chi connectivity index (χ4v) is 5.39. The summed E-state index contributed by atoms with van der Waals surface area (Å²) in [5.41, 5.74) is 6.13. The first-order valence-electron chi connectivity index (χ1n) is 12.5. The molecule has 5 rings (SSSR count). The Hall–Kier alpha value is -3.15. The molecule has 36 heavy (non-hydrogen) atoms. The molecule has 1 fully saturated rings. The number of carbonyl (C=O) groups excluding carboxylic acids is 2. The Morgan fingerprint density at radius 1 is 0.944 bits per heavy atom. The summed E-state index contributed by atoms with van der Waals surface area (Å²) in [6, 6.07) is 22.1. The summed E-state index contributed by atoms with van der Waals surface area (Å²) in [5, 5.41) is 3.05. The number of amides is 2. The van der Waals surface area contributed by atoms with E-state index in [0.717, 1.165) is 30.9 Å². The van der Waals surface area contributed by atoms with E-state index in [9.17, 15) is 9.59 Å². The van der Waals surface area contributed by atoms with Crippen LogP contribution in [0.3, 0.4) is 0 Å². The van der Waals surface area contributed by atoms with Gasteiger partial charge in [0.2, 0.25) is 5.91 Å². The van der Waals surface area contributed by atoms with Crippen LogP contribution in [0.15, 0.2) is 66.7 Å². The van der Waals surface area contributed by atoms with Gasteiger partial charge in [-0.2, -0.15) is 0 Å². The van der Waals surface area contributed by atoms with Crippen molar-refractivity contribution in [3.05, 3.63) is 83.4 Å². The van der Waals surface area contributed by atoms with Gasteiger partial charge in [-0.25, -0.2) is 0 Å². The number of anilines is 2. The van der Waals surface area contributed by atoms with Crippen LogP contribution in [0.2, 0.25) is 0 Å². The lowest BCUT2D eigenvalue weighted by Gasteiger charge is -2.27. The van der Waals surface area contributed by atoms with Crippen LogP contribution in [0.4, 0.5) is 11.4 Å². The van der Waals surface area contributed by atoms with Gasteiger partial charge in [0.25, 0.3) is 5.91 Å². The van der Waals surface area contributed by atoms with Crippen molar-refractivity contribution < 1.29 is 9.59 Å². The zero-order valence-electron chi connectivity index (χ0n) is 21.2. The minimum atomic E-state index is -0.552. The molecule has 0 unspecified atom stereocenters. The predicted octanol–water partition coefficient (Wildman–Crippen LogP) is 6.27. The molecule has 0 spiro atoms. The molecule has 3 aromatic rings. The number of benzene rings is 3. The Morgan fingerprint density at radius 3 is 2.39 bits per heavy atom. The van der Waals surface area contributed by atoms with E-state index in [1.807, 2.05) is 50.2 Å². The summed E-state index contributed by atoms with van der Waals surface area (Å²) in [7, 11) is 1.79. The Morgan fingerprint density at radius 2 is 1.67 bits per heavy atom. The second-order valence-electron chi connectivity index (χ2n) is 10.2. The number of carbonyl (C=O) groups is 2. The maximum absolute atomic E-state index is 13.3. The van der Waals surface area contributed by atoms with Crippen LogP contribution < -0.4 is 10.2 Å². The predicted molar refractivity (Wildman–Crippen MR) is 149 cm³/mol. The summed E-state index contributed by atoms with van der Waals surface area (Å²) in [6.07, 6.45) is 3.75. The number of hydrogen-bond donors (Lipinski definition) is 1. The molecule has 5 nitrogen and oxygen atoms in total. The second-order valence-corrected chi connectivity index (χ2v) is 10.2. The summed E-state index contributed by atoms with van der Waals surface area (Å²) in [5.74, 6) is -0.0782. The highest BCUT2D eigenvalue weighted by atomic mass is 35.5. The number of hydrogen-bond acceptors (Lipinski definition) is 3. The summed E-state index contributed by atoms with van der Waals surface area (Å²) in [4.78, 5) is 30.1. The van der Waals surface area contributed by atoms with Crippen LogP contribution in [0.25, 0.3) is 11.1 Å². The SMILES string of the molecule is CN1C(=O)C(C)(C)c2ccc(NC(=O)c3ccc(-c4ccccc4)c(CN4CCCCC4)c3)cc21.Cl. The molecule has 6 heteroatoms. The van der Waals surface area contributed by atoms with E-state index in [4.69, 9.17) is 0 Å². The minimum Gasteiger partial charge on any atom is -0.322 e. The smallest absolute Gasteiger partial charge is 0.255 e. The Bertz CT molecular complexity index is 1270. The first-order chi connectivity index (χ1) is 16.8. The van der Waals surface area contributed by atoms with Crippen molar-refractivity contribution in [1.82, 2.24) is 4.90 Å². The average Bonchev–Trinajstić information content (AvgIpc) is 3.04. The summed E-state index contributed by atoms with van der Waals surface area (Å²) >= 11 is 0. The molecule has 2 amide bonds. The first kappa shape index (κ1) is 25.9. The maximum atomic E-state index is 13.3. The molecule has 0 atom stereocenters. The van der Waals surface area contributed by atoms with Gasteiger partial charge in [0.1, 0.15) is 0 Å². The third kappa shape index (κ3) is 4.91. The highest BCUT2D eigenvalue weighted by molar-refractivity contribution is 6.09. The molecule has 2 aliphatic rings. The standard InChI is InChI=1S/C30H33N3O2.ClH/c1-30(2)26-15-13-24(19-27(26)32(3)29(30)35)31-28(34)22-12-14-25(21-10-6-4-7-11-21)23(18-22)20-33-16-8-5-9-17-33;/h4,6-7,10-15,18-19H,5,8-9,16-17,20H2,1-3H3,(H,31,34);1H. The first-order valence-corrected chi connectivity index (χ1v) is 12.5. The summed E-state index contributed by atoms with van der Waals surface area (Å²) in [6.45, 7) is 6.92. The van der Waals surface area contributed by atoms with E-state index in [0.29, 0.717) is 11.3 Å². The molecular weight excluding hydrogens is 470 g/mol. The van der Waals surface area contributed by atoms with Crippen LogP contribution in [-0.2, 0) is 16.8 Å². The van der Waals surface area contributed by atoms with Gasteiger partial charge >= 0.3 is 0 Å². The number of likely N-dealkylation sites (N-methyl/N-ethyl adjacent to an activating group) is 1. The average molecular weight is 504 g/mol. The fourth-order valence-electron chi connectivity index (χ4n) is 5.39. The molecule has 0 saturated carbocycles. The van der Waals surface area contributed by atoms with Gasteiger partial charge in [0.15, 0.2) is 0 Å². The number of fused-ring (bicyclic) bond motifs is 1. The maximum Gasteiger partial charge on any atom is 0.255 e. The molecule has 1 saturated heterocycles. The molecular formula is C30H34ClN3O2. The molecule has 0 aliphatic carbocycles. The van der Waals surface area contributed by atoms with Gasteiger partial charge in [-0.3, -0.25) is 14.5 Å². The van der Waals surface area contributed by atoms with E-state index >= 15 is 0 Å². The third-order valence-corrected chi connectivity index (χ3v) is 7.42. The number of nitrogens with one attached hydrogen (secondary N) is 1. The Kier molecular flexibility index (Phi) is 7.53. The lowest BCUT2D eigenvalue weighted by atomic mass is 9.86. The number of nitrogens with zero attached hydrogens (tertiary/aromatic N) is 2. The van der Waals surface area contributed by atoms with Crippen LogP contribution in [-0.4, -0.2) is 36.9 Å². The number of likely N-dealkylation sites (tertiary alicyclic amines) is 1. The molecule has 1 N–H and O–H groups in total. The topological polar surface area (TPSA) is 52.7 Å². The largest absolute Gasteiger partial charge is 0.322 e. The summed E-state index contributed by atoms with van der Waals surface area (Å²) < 4.78 is 0. The van der Waals surface area contributed by atoms with E-state index in [-0.39, 0.29) is 24.2 Å².